The topological polar surface area (TPSA) is 0 Å². The van der Waals surface area contributed by atoms with Crippen LogP contribution in [-0.4, -0.2) is 0 Å². The van der Waals surface area contributed by atoms with Gasteiger partial charge < -0.3 is 0 Å². The zero-order valence-corrected chi connectivity index (χ0v) is 11.7. The van der Waals surface area contributed by atoms with Crippen molar-refractivity contribution in [1.29, 1.82) is 0 Å². The fraction of sp³-hybridized carbons (Fsp3) is 0.0476. The lowest BCUT2D eigenvalue weighted by molar-refractivity contribution is 1.57. The smallest absolute Gasteiger partial charge is 0.00112 e. The van der Waals surface area contributed by atoms with Gasteiger partial charge in [0.2, 0.25) is 0 Å². The molecule has 0 unspecified atom stereocenters. The Morgan fingerprint density at radius 2 is 0.905 bits per heavy atom. The largest absolute Gasteiger partial charge is 0.0537 e. The summed E-state index contributed by atoms with van der Waals surface area (Å²) >= 11 is 0. The Morgan fingerprint density at radius 1 is 0.476 bits per heavy atom. The standard InChI is InChI=1S/C21H12/c1-11-10-15-7-6-13-3-2-12-4-5-14-8-9-16(11)21-19(14)17(12)18(13)20(15)21/h2-10H,1H3. The maximum atomic E-state index is 2.34. The molecule has 0 radical (unpaired) electrons. The molecule has 6 aromatic carbocycles. The molecule has 0 N–H and O–H groups in total. The van der Waals surface area contributed by atoms with Crippen LogP contribution in [0.4, 0.5) is 0 Å². The van der Waals surface area contributed by atoms with E-state index in [2.05, 4.69) is 61.5 Å². The summed E-state index contributed by atoms with van der Waals surface area (Å²) in [4.78, 5) is 0. The molecule has 0 nitrogen and oxygen atoms in total. The van der Waals surface area contributed by atoms with E-state index in [1.165, 1.54) is 59.4 Å². The summed E-state index contributed by atoms with van der Waals surface area (Å²) in [6, 6.07) is 20.5. The minimum atomic E-state index is 1.36. The van der Waals surface area contributed by atoms with E-state index in [0.29, 0.717) is 0 Å². The second kappa shape index (κ2) is 3.01. The molecule has 0 fully saturated rings. The van der Waals surface area contributed by atoms with Crippen molar-refractivity contribution in [2.24, 2.45) is 0 Å². The van der Waals surface area contributed by atoms with Crippen LogP contribution >= 0.6 is 0 Å². The third kappa shape index (κ3) is 0.965. The Hall–Kier alpha value is -2.60. The van der Waals surface area contributed by atoms with Crippen LogP contribution in [0.15, 0.2) is 54.6 Å². The molecule has 0 aliphatic rings. The van der Waals surface area contributed by atoms with E-state index < -0.39 is 0 Å². The maximum Gasteiger partial charge on any atom is -0.00112 e. The predicted molar refractivity (Wildman–Crippen MR) is 92.3 cm³/mol. The summed E-state index contributed by atoms with van der Waals surface area (Å²) in [5.74, 6) is 0. The third-order valence-corrected chi connectivity index (χ3v) is 5.23. The van der Waals surface area contributed by atoms with Crippen molar-refractivity contribution in [1.82, 2.24) is 0 Å². The van der Waals surface area contributed by atoms with Gasteiger partial charge in [0.15, 0.2) is 0 Å². The molecular weight excluding hydrogens is 252 g/mol. The summed E-state index contributed by atoms with van der Waals surface area (Å²) in [6.45, 7) is 2.23. The molecule has 0 bridgehead atoms. The molecule has 0 heterocycles. The minimum Gasteiger partial charge on any atom is -0.0537 e. The molecule has 0 aromatic heterocycles. The zero-order valence-electron chi connectivity index (χ0n) is 11.7. The van der Waals surface area contributed by atoms with Crippen molar-refractivity contribution in [2.75, 3.05) is 0 Å². The van der Waals surface area contributed by atoms with Crippen molar-refractivity contribution in [3.05, 3.63) is 60.2 Å². The van der Waals surface area contributed by atoms with Gasteiger partial charge >= 0.3 is 0 Å². The zero-order chi connectivity index (χ0) is 13.7. The normalized spacial score (nSPS) is 13.0. The molecule has 0 spiro atoms. The molecule has 6 aromatic rings. The number of rotatable bonds is 0. The highest BCUT2D eigenvalue weighted by Crippen LogP contribution is 2.48. The van der Waals surface area contributed by atoms with Crippen molar-refractivity contribution in [3.8, 4) is 0 Å². The summed E-state index contributed by atoms with van der Waals surface area (Å²) in [5.41, 5.74) is 1.38. The van der Waals surface area contributed by atoms with Gasteiger partial charge in [-0.25, -0.2) is 0 Å². The predicted octanol–water partition coefficient (Wildman–Crippen LogP) is 6.07. The first kappa shape index (κ1) is 10.2. The van der Waals surface area contributed by atoms with E-state index >= 15 is 0 Å². The fourth-order valence-corrected chi connectivity index (χ4v) is 4.35. The average Bonchev–Trinajstić information content (AvgIpc) is 2.88. The van der Waals surface area contributed by atoms with Gasteiger partial charge in [0.05, 0.1) is 0 Å². The quantitative estimate of drug-likeness (QED) is 0.292. The van der Waals surface area contributed by atoms with Gasteiger partial charge in [-0.2, -0.15) is 0 Å². The van der Waals surface area contributed by atoms with Crippen LogP contribution in [0.5, 0.6) is 0 Å². The van der Waals surface area contributed by atoms with Crippen LogP contribution in [0, 0.1) is 6.92 Å². The molecule has 0 aliphatic heterocycles. The SMILES string of the molecule is Cc1cc2ccc3ccc4ccc5ccc1c1c5c4c3c21. The first-order chi connectivity index (χ1) is 10.3. The van der Waals surface area contributed by atoms with E-state index in [1.54, 1.807) is 0 Å². The van der Waals surface area contributed by atoms with Crippen LogP contribution in [0.1, 0.15) is 5.56 Å². The fourth-order valence-electron chi connectivity index (χ4n) is 4.35. The van der Waals surface area contributed by atoms with Crippen LogP contribution in [-0.2, 0) is 0 Å². The molecule has 0 aliphatic carbocycles. The van der Waals surface area contributed by atoms with Gasteiger partial charge in [-0.1, -0.05) is 54.6 Å². The van der Waals surface area contributed by atoms with E-state index in [1.807, 2.05) is 0 Å². The van der Waals surface area contributed by atoms with Crippen molar-refractivity contribution < 1.29 is 0 Å². The Kier molecular flexibility index (Phi) is 1.46. The first-order valence-corrected chi connectivity index (χ1v) is 7.47. The molecule has 0 saturated carbocycles. The molecule has 0 heteroatoms. The lowest BCUT2D eigenvalue weighted by Gasteiger charge is -2.07. The van der Waals surface area contributed by atoms with E-state index in [4.69, 9.17) is 0 Å². The van der Waals surface area contributed by atoms with Gasteiger partial charge in [-0.05, 0) is 66.3 Å². The molecule has 21 heavy (non-hydrogen) atoms. The second-order valence-corrected chi connectivity index (χ2v) is 6.27. The molecular formula is C21H12. The highest BCUT2D eigenvalue weighted by Gasteiger charge is 2.20. The number of aryl methyl sites for hydroxylation is 1. The second-order valence-electron chi connectivity index (χ2n) is 6.27. The number of hydrogen-bond donors (Lipinski definition) is 0. The monoisotopic (exact) mass is 264 g/mol. The Balaban J connectivity index is 2.25. The van der Waals surface area contributed by atoms with Crippen LogP contribution in [0.3, 0.4) is 0 Å². The van der Waals surface area contributed by atoms with Gasteiger partial charge in [0.25, 0.3) is 0 Å². The highest BCUT2D eigenvalue weighted by molar-refractivity contribution is 6.44. The van der Waals surface area contributed by atoms with Crippen LogP contribution in [0.2, 0.25) is 0 Å². The Labute approximate surface area is 121 Å². The van der Waals surface area contributed by atoms with Crippen molar-refractivity contribution in [2.45, 2.75) is 6.92 Å². The summed E-state index contributed by atoms with van der Waals surface area (Å²) in [6.07, 6.45) is 0. The van der Waals surface area contributed by atoms with Gasteiger partial charge in [-0.3, -0.25) is 0 Å². The molecule has 0 atom stereocenters. The number of benzene rings is 5. The Bertz CT molecular complexity index is 1230. The summed E-state index contributed by atoms with van der Waals surface area (Å²) in [7, 11) is 0. The summed E-state index contributed by atoms with van der Waals surface area (Å²) < 4.78 is 0. The van der Waals surface area contributed by atoms with Crippen molar-refractivity contribution >= 4 is 53.9 Å². The Morgan fingerprint density at radius 3 is 1.52 bits per heavy atom. The van der Waals surface area contributed by atoms with Crippen LogP contribution < -0.4 is 0 Å². The van der Waals surface area contributed by atoms with Gasteiger partial charge in [0.1, 0.15) is 0 Å². The summed E-state index contributed by atoms with van der Waals surface area (Å²) in [5, 5.41) is 14.2. The van der Waals surface area contributed by atoms with E-state index in [9.17, 15) is 0 Å². The third-order valence-electron chi connectivity index (χ3n) is 5.23. The van der Waals surface area contributed by atoms with Crippen molar-refractivity contribution in [3.63, 3.8) is 0 Å². The highest BCUT2D eigenvalue weighted by atomic mass is 14.2. The van der Waals surface area contributed by atoms with Gasteiger partial charge in [-0.15, -0.1) is 0 Å². The molecule has 6 rings (SSSR count). The molecule has 0 saturated heterocycles. The van der Waals surface area contributed by atoms with E-state index in [-0.39, 0.29) is 0 Å². The molecule has 96 valence electrons. The number of hydrogen-bond acceptors (Lipinski definition) is 0. The minimum absolute atomic E-state index is 1.36. The maximum absolute atomic E-state index is 2.34. The average molecular weight is 264 g/mol. The van der Waals surface area contributed by atoms with E-state index in [0.717, 1.165) is 0 Å². The van der Waals surface area contributed by atoms with Gasteiger partial charge in [0, 0.05) is 0 Å². The lowest BCUT2D eigenvalue weighted by Crippen LogP contribution is -1.81. The first-order valence-electron chi connectivity index (χ1n) is 7.47. The van der Waals surface area contributed by atoms with Crippen LogP contribution in [0.25, 0.3) is 53.9 Å². The lowest BCUT2D eigenvalue weighted by atomic mass is 9.96. The molecule has 0 amide bonds.